The number of methoxy groups -OCH3 is 1. The smallest absolute Gasteiger partial charge is 0.0785 e. The summed E-state index contributed by atoms with van der Waals surface area (Å²) in [6, 6.07) is 2.13. The third-order valence-electron chi connectivity index (χ3n) is 2.27. The zero-order valence-corrected chi connectivity index (χ0v) is 10.1. The van der Waals surface area contributed by atoms with Crippen LogP contribution in [0.5, 0.6) is 0 Å². The van der Waals surface area contributed by atoms with Crippen LogP contribution in [0.2, 0.25) is 0 Å². The first-order chi connectivity index (χ1) is 7.24. The standard InChI is InChI=1S/C11H19NO2S/c1-9-4-6-15-11(9)7-12-5-3-10(13)8-14-2/h4,6,10,12-13H,3,5,7-8H2,1-2H3. The molecule has 2 N–H and O–H groups in total. The quantitative estimate of drug-likeness (QED) is 0.697. The van der Waals surface area contributed by atoms with Crippen LogP contribution in [0.25, 0.3) is 0 Å². The van der Waals surface area contributed by atoms with E-state index in [4.69, 9.17) is 4.74 Å². The highest BCUT2D eigenvalue weighted by atomic mass is 32.1. The minimum Gasteiger partial charge on any atom is -0.391 e. The first-order valence-corrected chi connectivity index (χ1v) is 6.02. The van der Waals surface area contributed by atoms with Gasteiger partial charge in [0.25, 0.3) is 0 Å². The lowest BCUT2D eigenvalue weighted by atomic mass is 10.2. The van der Waals surface area contributed by atoms with Crippen LogP contribution in [0.1, 0.15) is 16.9 Å². The highest BCUT2D eigenvalue weighted by Gasteiger charge is 2.03. The van der Waals surface area contributed by atoms with Crippen molar-refractivity contribution in [3.63, 3.8) is 0 Å². The van der Waals surface area contributed by atoms with Gasteiger partial charge >= 0.3 is 0 Å². The second kappa shape index (κ2) is 6.95. The molecular formula is C11H19NO2S. The van der Waals surface area contributed by atoms with E-state index in [-0.39, 0.29) is 6.10 Å². The molecule has 1 aromatic rings. The zero-order valence-electron chi connectivity index (χ0n) is 9.32. The van der Waals surface area contributed by atoms with Gasteiger partial charge in [0, 0.05) is 18.5 Å². The number of hydrogen-bond acceptors (Lipinski definition) is 4. The molecule has 0 radical (unpaired) electrons. The lowest BCUT2D eigenvalue weighted by Crippen LogP contribution is -2.22. The Morgan fingerprint density at radius 1 is 1.60 bits per heavy atom. The van der Waals surface area contributed by atoms with Crippen molar-refractivity contribution in [1.82, 2.24) is 5.32 Å². The number of hydrogen-bond donors (Lipinski definition) is 2. The number of aryl methyl sites for hydroxylation is 1. The maximum Gasteiger partial charge on any atom is 0.0785 e. The number of ether oxygens (including phenoxy) is 1. The Balaban J connectivity index is 2.09. The van der Waals surface area contributed by atoms with Crippen LogP contribution in [0.3, 0.4) is 0 Å². The van der Waals surface area contributed by atoms with E-state index in [9.17, 15) is 5.11 Å². The second-order valence-electron chi connectivity index (χ2n) is 3.60. The van der Waals surface area contributed by atoms with Crippen molar-refractivity contribution >= 4 is 11.3 Å². The van der Waals surface area contributed by atoms with E-state index >= 15 is 0 Å². The summed E-state index contributed by atoms with van der Waals surface area (Å²) >= 11 is 1.77. The topological polar surface area (TPSA) is 41.5 Å². The van der Waals surface area contributed by atoms with Crippen molar-refractivity contribution in [2.45, 2.75) is 26.0 Å². The van der Waals surface area contributed by atoms with Gasteiger partial charge in [-0.2, -0.15) is 0 Å². The molecule has 0 saturated heterocycles. The number of rotatable bonds is 7. The van der Waals surface area contributed by atoms with E-state index < -0.39 is 0 Å². The summed E-state index contributed by atoms with van der Waals surface area (Å²) < 4.78 is 4.85. The third-order valence-corrected chi connectivity index (χ3v) is 3.29. The Kier molecular flexibility index (Phi) is 5.86. The van der Waals surface area contributed by atoms with E-state index in [1.165, 1.54) is 10.4 Å². The predicted octanol–water partition coefficient (Wildman–Crippen LogP) is 1.54. The SMILES string of the molecule is COCC(O)CCNCc1sccc1C. The molecule has 0 aliphatic carbocycles. The van der Waals surface area contributed by atoms with Gasteiger partial charge in [0.2, 0.25) is 0 Å². The first-order valence-electron chi connectivity index (χ1n) is 5.14. The molecule has 0 aliphatic heterocycles. The van der Waals surface area contributed by atoms with E-state index in [1.54, 1.807) is 18.4 Å². The summed E-state index contributed by atoms with van der Waals surface area (Å²) in [6.45, 7) is 4.25. The fraction of sp³-hybridized carbons (Fsp3) is 0.636. The Hall–Kier alpha value is -0.420. The van der Waals surface area contributed by atoms with Crippen molar-refractivity contribution < 1.29 is 9.84 Å². The Labute approximate surface area is 95.1 Å². The number of thiophene rings is 1. The molecule has 1 heterocycles. The molecule has 0 saturated carbocycles. The summed E-state index contributed by atoms with van der Waals surface area (Å²) in [5.41, 5.74) is 1.34. The molecule has 0 fully saturated rings. The Bertz CT molecular complexity index is 275. The molecule has 0 spiro atoms. The summed E-state index contributed by atoms with van der Waals surface area (Å²) in [7, 11) is 1.60. The van der Waals surface area contributed by atoms with Crippen LogP contribution in [0, 0.1) is 6.92 Å². The molecule has 1 unspecified atom stereocenters. The molecule has 15 heavy (non-hydrogen) atoms. The van der Waals surface area contributed by atoms with E-state index in [0.717, 1.165) is 19.5 Å². The van der Waals surface area contributed by atoms with Gasteiger partial charge < -0.3 is 15.2 Å². The van der Waals surface area contributed by atoms with Gasteiger partial charge in [-0.25, -0.2) is 0 Å². The summed E-state index contributed by atoms with van der Waals surface area (Å²) in [5.74, 6) is 0. The predicted molar refractivity (Wildman–Crippen MR) is 63.3 cm³/mol. The van der Waals surface area contributed by atoms with Gasteiger partial charge in [0.05, 0.1) is 12.7 Å². The van der Waals surface area contributed by atoms with Gasteiger partial charge in [-0.15, -0.1) is 11.3 Å². The van der Waals surface area contributed by atoms with Crippen LogP contribution in [-0.4, -0.2) is 31.5 Å². The fourth-order valence-corrected chi connectivity index (χ4v) is 2.21. The molecule has 0 bridgehead atoms. The normalized spacial score (nSPS) is 13.0. The van der Waals surface area contributed by atoms with Crippen molar-refractivity contribution in [2.24, 2.45) is 0 Å². The minimum atomic E-state index is -0.355. The molecule has 86 valence electrons. The lowest BCUT2D eigenvalue weighted by Gasteiger charge is -2.09. The molecule has 3 nitrogen and oxygen atoms in total. The van der Waals surface area contributed by atoms with Gasteiger partial charge in [-0.3, -0.25) is 0 Å². The fourth-order valence-electron chi connectivity index (χ4n) is 1.33. The van der Waals surface area contributed by atoms with Crippen LogP contribution in [0.15, 0.2) is 11.4 Å². The van der Waals surface area contributed by atoms with Crippen molar-refractivity contribution in [3.8, 4) is 0 Å². The molecule has 0 aromatic carbocycles. The van der Waals surface area contributed by atoms with Crippen LogP contribution >= 0.6 is 11.3 Å². The van der Waals surface area contributed by atoms with Gasteiger partial charge in [0.15, 0.2) is 0 Å². The first kappa shape index (κ1) is 12.6. The molecule has 1 rings (SSSR count). The average Bonchev–Trinajstić information content (AvgIpc) is 2.60. The summed E-state index contributed by atoms with van der Waals surface area (Å²) in [6.07, 6.45) is 0.380. The van der Waals surface area contributed by atoms with Gasteiger partial charge in [-0.05, 0) is 36.9 Å². The maximum absolute atomic E-state index is 9.40. The monoisotopic (exact) mass is 229 g/mol. The van der Waals surface area contributed by atoms with Crippen molar-refractivity contribution in [3.05, 3.63) is 21.9 Å². The number of nitrogens with one attached hydrogen (secondary N) is 1. The summed E-state index contributed by atoms with van der Waals surface area (Å²) in [5, 5.41) is 14.8. The van der Waals surface area contributed by atoms with E-state index in [1.807, 2.05) is 0 Å². The van der Waals surface area contributed by atoms with Gasteiger partial charge in [0.1, 0.15) is 0 Å². The largest absolute Gasteiger partial charge is 0.391 e. The lowest BCUT2D eigenvalue weighted by molar-refractivity contribution is 0.0594. The highest BCUT2D eigenvalue weighted by Crippen LogP contribution is 2.14. The van der Waals surface area contributed by atoms with Crippen molar-refractivity contribution in [1.29, 1.82) is 0 Å². The molecular weight excluding hydrogens is 210 g/mol. The summed E-state index contributed by atoms with van der Waals surface area (Å²) in [4.78, 5) is 1.37. The van der Waals surface area contributed by atoms with E-state index in [0.29, 0.717) is 6.61 Å². The molecule has 0 amide bonds. The molecule has 0 aliphatic rings. The Morgan fingerprint density at radius 2 is 2.40 bits per heavy atom. The number of aliphatic hydroxyl groups is 1. The van der Waals surface area contributed by atoms with Gasteiger partial charge in [-0.1, -0.05) is 0 Å². The van der Waals surface area contributed by atoms with E-state index in [2.05, 4.69) is 23.7 Å². The molecule has 1 aromatic heterocycles. The maximum atomic E-state index is 9.40. The minimum absolute atomic E-state index is 0.355. The third kappa shape index (κ3) is 4.75. The number of aliphatic hydroxyl groups excluding tert-OH is 1. The van der Waals surface area contributed by atoms with Crippen LogP contribution < -0.4 is 5.32 Å². The Morgan fingerprint density at radius 3 is 3.00 bits per heavy atom. The zero-order chi connectivity index (χ0) is 11.1. The second-order valence-corrected chi connectivity index (χ2v) is 4.60. The average molecular weight is 229 g/mol. The molecule has 4 heteroatoms. The van der Waals surface area contributed by atoms with Crippen molar-refractivity contribution in [2.75, 3.05) is 20.3 Å². The van der Waals surface area contributed by atoms with Crippen LogP contribution in [0.4, 0.5) is 0 Å². The highest BCUT2D eigenvalue weighted by molar-refractivity contribution is 7.10. The van der Waals surface area contributed by atoms with Crippen LogP contribution in [-0.2, 0) is 11.3 Å². The molecule has 1 atom stereocenters.